The van der Waals surface area contributed by atoms with Gasteiger partial charge in [0.15, 0.2) is 5.58 Å². The Morgan fingerprint density at radius 1 is 1.05 bits per heavy atom. The van der Waals surface area contributed by atoms with E-state index in [0.717, 1.165) is 5.52 Å². The SMILES string of the molecule is CC(C)(C)c1ccc2oc(C(=O)c3ccccc3)nc2c1. The Balaban J connectivity index is 2.04. The van der Waals surface area contributed by atoms with Crippen LogP contribution in [-0.2, 0) is 5.41 Å². The molecule has 0 bridgehead atoms. The number of benzene rings is 2. The number of nitrogens with zero attached hydrogens (tertiary/aromatic N) is 1. The molecule has 106 valence electrons. The van der Waals surface area contributed by atoms with Crippen molar-refractivity contribution in [2.75, 3.05) is 0 Å². The standard InChI is InChI=1S/C18H17NO2/c1-18(2,3)13-9-10-15-14(11-13)19-17(21-15)16(20)12-7-5-4-6-8-12/h4-11H,1-3H3. The molecular formula is C18H17NO2. The second-order valence-electron chi connectivity index (χ2n) is 6.15. The van der Waals surface area contributed by atoms with Crippen LogP contribution in [0.2, 0.25) is 0 Å². The van der Waals surface area contributed by atoms with E-state index in [1.54, 1.807) is 12.1 Å². The van der Waals surface area contributed by atoms with E-state index in [0.29, 0.717) is 11.1 Å². The molecule has 0 fully saturated rings. The molecule has 0 aliphatic carbocycles. The van der Waals surface area contributed by atoms with Crippen molar-refractivity contribution in [3.63, 3.8) is 0 Å². The maximum Gasteiger partial charge on any atom is 0.269 e. The number of hydrogen-bond acceptors (Lipinski definition) is 3. The molecule has 0 spiro atoms. The lowest BCUT2D eigenvalue weighted by Gasteiger charge is -2.18. The molecule has 3 heteroatoms. The van der Waals surface area contributed by atoms with Crippen LogP contribution in [0.15, 0.2) is 52.9 Å². The third-order valence-corrected chi connectivity index (χ3v) is 3.48. The van der Waals surface area contributed by atoms with Crippen molar-refractivity contribution in [3.8, 4) is 0 Å². The van der Waals surface area contributed by atoms with Gasteiger partial charge >= 0.3 is 0 Å². The molecule has 2 aromatic carbocycles. The van der Waals surface area contributed by atoms with Crippen molar-refractivity contribution in [1.82, 2.24) is 4.98 Å². The summed E-state index contributed by atoms with van der Waals surface area (Å²) in [6, 6.07) is 14.9. The number of oxazole rings is 1. The number of carbonyl (C=O) groups is 1. The van der Waals surface area contributed by atoms with Crippen LogP contribution in [0.4, 0.5) is 0 Å². The van der Waals surface area contributed by atoms with E-state index < -0.39 is 0 Å². The minimum absolute atomic E-state index is 0.0384. The highest BCUT2D eigenvalue weighted by atomic mass is 16.4. The Labute approximate surface area is 123 Å². The zero-order valence-corrected chi connectivity index (χ0v) is 12.4. The Kier molecular flexibility index (Phi) is 3.13. The van der Waals surface area contributed by atoms with E-state index in [1.807, 2.05) is 36.4 Å². The summed E-state index contributed by atoms with van der Waals surface area (Å²) in [5.41, 5.74) is 3.16. The molecule has 1 aromatic heterocycles. The lowest BCUT2D eigenvalue weighted by atomic mass is 9.87. The van der Waals surface area contributed by atoms with Crippen molar-refractivity contribution < 1.29 is 9.21 Å². The van der Waals surface area contributed by atoms with Crippen LogP contribution < -0.4 is 0 Å². The molecule has 0 atom stereocenters. The average Bonchev–Trinajstić information content (AvgIpc) is 2.89. The molecule has 0 saturated heterocycles. The fourth-order valence-corrected chi connectivity index (χ4v) is 2.20. The molecular weight excluding hydrogens is 262 g/mol. The number of fused-ring (bicyclic) bond motifs is 1. The first-order valence-electron chi connectivity index (χ1n) is 6.96. The summed E-state index contributed by atoms with van der Waals surface area (Å²) in [7, 11) is 0. The predicted octanol–water partition coefficient (Wildman–Crippen LogP) is 4.36. The van der Waals surface area contributed by atoms with Crippen LogP contribution in [0.1, 0.15) is 42.6 Å². The Hall–Kier alpha value is -2.42. The number of aromatic nitrogens is 1. The van der Waals surface area contributed by atoms with Crippen LogP contribution in [0.25, 0.3) is 11.1 Å². The van der Waals surface area contributed by atoms with Gasteiger partial charge in [-0.3, -0.25) is 4.79 Å². The minimum atomic E-state index is -0.191. The highest BCUT2D eigenvalue weighted by Gasteiger charge is 2.19. The van der Waals surface area contributed by atoms with Gasteiger partial charge in [0.1, 0.15) is 5.52 Å². The normalized spacial score (nSPS) is 11.8. The van der Waals surface area contributed by atoms with Crippen LogP contribution in [0.5, 0.6) is 0 Å². The average molecular weight is 279 g/mol. The zero-order valence-electron chi connectivity index (χ0n) is 12.4. The Morgan fingerprint density at radius 3 is 2.43 bits per heavy atom. The molecule has 3 aromatic rings. The van der Waals surface area contributed by atoms with Gasteiger partial charge in [-0.25, -0.2) is 4.98 Å². The lowest BCUT2D eigenvalue weighted by Crippen LogP contribution is -2.10. The molecule has 21 heavy (non-hydrogen) atoms. The van der Waals surface area contributed by atoms with Crippen molar-refractivity contribution in [1.29, 1.82) is 0 Å². The molecule has 0 N–H and O–H groups in total. The zero-order chi connectivity index (χ0) is 15.0. The first-order chi connectivity index (χ1) is 9.95. The molecule has 0 unspecified atom stereocenters. The second-order valence-corrected chi connectivity index (χ2v) is 6.15. The van der Waals surface area contributed by atoms with E-state index in [9.17, 15) is 4.79 Å². The molecule has 3 nitrogen and oxygen atoms in total. The minimum Gasteiger partial charge on any atom is -0.433 e. The van der Waals surface area contributed by atoms with Crippen LogP contribution >= 0.6 is 0 Å². The fourth-order valence-electron chi connectivity index (χ4n) is 2.20. The molecule has 0 aliphatic rings. The number of rotatable bonds is 2. The van der Waals surface area contributed by atoms with Gasteiger partial charge in [-0.15, -0.1) is 0 Å². The molecule has 0 radical (unpaired) electrons. The van der Waals surface area contributed by atoms with Gasteiger partial charge in [0.05, 0.1) is 0 Å². The summed E-state index contributed by atoms with van der Waals surface area (Å²) in [4.78, 5) is 16.7. The van der Waals surface area contributed by atoms with Crippen LogP contribution in [0, 0.1) is 0 Å². The Bertz CT molecular complexity index is 795. The van der Waals surface area contributed by atoms with Gasteiger partial charge in [-0.05, 0) is 23.1 Å². The maximum atomic E-state index is 12.3. The summed E-state index contributed by atoms with van der Waals surface area (Å²) >= 11 is 0. The van der Waals surface area contributed by atoms with Gasteiger partial charge in [0.2, 0.25) is 5.78 Å². The van der Waals surface area contributed by atoms with Crippen LogP contribution in [0.3, 0.4) is 0 Å². The summed E-state index contributed by atoms with van der Waals surface area (Å²) in [5, 5.41) is 0. The molecule has 1 heterocycles. The number of carbonyl (C=O) groups excluding carboxylic acids is 1. The van der Waals surface area contributed by atoms with Gasteiger partial charge in [0, 0.05) is 5.56 Å². The Morgan fingerprint density at radius 2 is 1.76 bits per heavy atom. The van der Waals surface area contributed by atoms with Crippen LogP contribution in [-0.4, -0.2) is 10.8 Å². The summed E-state index contributed by atoms with van der Waals surface area (Å²) in [5.74, 6) is -0.0497. The van der Waals surface area contributed by atoms with Gasteiger partial charge < -0.3 is 4.42 Å². The fraction of sp³-hybridized carbons (Fsp3) is 0.222. The van der Waals surface area contributed by atoms with E-state index >= 15 is 0 Å². The smallest absolute Gasteiger partial charge is 0.269 e. The molecule has 0 saturated carbocycles. The first-order valence-corrected chi connectivity index (χ1v) is 6.96. The number of hydrogen-bond donors (Lipinski definition) is 0. The van der Waals surface area contributed by atoms with Gasteiger partial charge in [-0.1, -0.05) is 57.2 Å². The third kappa shape index (κ3) is 2.59. The monoisotopic (exact) mass is 279 g/mol. The van der Waals surface area contributed by atoms with E-state index in [-0.39, 0.29) is 17.1 Å². The van der Waals surface area contributed by atoms with Crippen molar-refractivity contribution in [3.05, 3.63) is 65.5 Å². The van der Waals surface area contributed by atoms with Crippen molar-refractivity contribution in [2.24, 2.45) is 0 Å². The van der Waals surface area contributed by atoms with E-state index in [2.05, 4.69) is 25.8 Å². The van der Waals surface area contributed by atoms with Crippen molar-refractivity contribution in [2.45, 2.75) is 26.2 Å². The van der Waals surface area contributed by atoms with Gasteiger partial charge in [-0.2, -0.15) is 0 Å². The second kappa shape index (κ2) is 4.85. The summed E-state index contributed by atoms with van der Waals surface area (Å²) in [6.45, 7) is 6.43. The van der Waals surface area contributed by atoms with E-state index in [4.69, 9.17) is 4.42 Å². The third-order valence-electron chi connectivity index (χ3n) is 3.48. The maximum absolute atomic E-state index is 12.3. The van der Waals surface area contributed by atoms with E-state index in [1.165, 1.54) is 5.56 Å². The first kappa shape index (κ1) is 13.6. The predicted molar refractivity (Wildman–Crippen MR) is 82.6 cm³/mol. The topological polar surface area (TPSA) is 43.1 Å². The highest BCUT2D eigenvalue weighted by Crippen LogP contribution is 2.26. The molecule has 0 amide bonds. The quantitative estimate of drug-likeness (QED) is 0.655. The lowest BCUT2D eigenvalue weighted by molar-refractivity contribution is 0.100. The van der Waals surface area contributed by atoms with Crippen molar-refractivity contribution >= 4 is 16.9 Å². The summed E-state index contributed by atoms with van der Waals surface area (Å²) < 4.78 is 5.59. The largest absolute Gasteiger partial charge is 0.433 e. The molecule has 0 aliphatic heterocycles. The van der Waals surface area contributed by atoms with Gasteiger partial charge in [0.25, 0.3) is 5.89 Å². The number of ketones is 1. The summed E-state index contributed by atoms with van der Waals surface area (Å²) in [6.07, 6.45) is 0. The molecule has 3 rings (SSSR count). The highest BCUT2D eigenvalue weighted by molar-refractivity contribution is 6.06.